The van der Waals surface area contributed by atoms with Gasteiger partial charge in [-0.25, -0.2) is 13.4 Å². The van der Waals surface area contributed by atoms with Crippen molar-refractivity contribution in [1.82, 2.24) is 9.97 Å². The minimum Gasteiger partial charge on any atom is -0.395 e. The topological polar surface area (TPSA) is 92.2 Å². The predicted octanol–water partition coefficient (Wildman–Crippen LogP) is 1.01. The molecule has 0 aliphatic rings. The number of nitrogens with one attached hydrogen (secondary N) is 1. The molecule has 6 nitrogen and oxygen atoms in total. The summed E-state index contributed by atoms with van der Waals surface area (Å²) in [4.78, 5) is 7.92. The van der Waals surface area contributed by atoms with Crippen molar-refractivity contribution in [2.24, 2.45) is 0 Å². The van der Waals surface area contributed by atoms with Gasteiger partial charge >= 0.3 is 0 Å². The third kappa shape index (κ3) is 4.27. The summed E-state index contributed by atoms with van der Waals surface area (Å²) in [6.45, 7) is -0.0275. The van der Waals surface area contributed by atoms with Crippen LogP contribution in [0.4, 0.5) is 5.82 Å². The van der Waals surface area contributed by atoms with Crippen molar-refractivity contribution in [3.05, 3.63) is 48.4 Å². The highest BCUT2D eigenvalue weighted by Gasteiger charge is 2.14. The predicted molar refractivity (Wildman–Crippen MR) is 77.9 cm³/mol. The Balaban J connectivity index is 2.21. The number of sulfonamides is 1. The first kappa shape index (κ1) is 15.0. The highest BCUT2D eigenvalue weighted by molar-refractivity contribution is 7.92. The fourth-order valence-electron chi connectivity index (χ4n) is 1.47. The lowest BCUT2D eigenvalue weighted by Crippen LogP contribution is -2.14. The van der Waals surface area contributed by atoms with Crippen LogP contribution in [0.15, 0.2) is 47.6 Å². The van der Waals surface area contributed by atoms with Crippen LogP contribution in [0.2, 0.25) is 0 Å². The fourth-order valence-corrected chi connectivity index (χ4v) is 2.44. The van der Waals surface area contributed by atoms with Crippen molar-refractivity contribution in [3.8, 4) is 11.8 Å². The second-order valence-corrected chi connectivity index (χ2v) is 5.66. The van der Waals surface area contributed by atoms with E-state index in [0.29, 0.717) is 12.1 Å². The van der Waals surface area contributed by atoms with Crippen LogP contribution in [0.3, 0.4) is 0 Å². The number of aromatic nitrogens is 2. The molecule has 0 bridgehead atoms. The van der Waals surface area contributed by atoms with Crippen molar-refractivity contribution in [2.75, 3.05) is 11.3 Å². The minimum atomic E-state index is -3.72. The Labute approximate surface area is 122 Å². The van der Waals surface area contributed by atoms with E-state index in [-0.39, 0.29) is 17.3 Å². The summed E-state index contributed by atoms with van der Waals surface area (Å²) in [7, 11) is -3.72. The molecule has 0 saturated heterocycles. The van der Waals surface area contributed by atoms with Gasteiger partial charge < -0.3 is 5.11 Å². The quantitative estimate of drug-likeness (QED) is 0.822. The first-order valence-corrected chi connectivity index (χ1v) is 7.60. The Morgan fingerprint density at radius 3 is 2.81 bits per heavy atom. The van der Waals surface area contributed by atoms with Crippen LogP contribution in [-0.2, 0) is 10.0 Å². The molecule has 0 aliphatic carbocycles. The van der Waals surface area contributed by atoms with E-state index in [1.807, 2.05) is 0 Å². The molecule has 0 spiro atoms. The molecule has 0 atom stereocenters. The first-order valence-electron chi connectivity index (χ1n) is 6.11. The maximum Gasteiger partial charge on any atom is 0.264 e. The number of hydrogen-bond acceptors (Lipinski definition) is 5. The van der Waals surface area contributed by atoms with E-state index in [4.69, 9.17) is 5.11 Å². The molecule has 0 aliphatic heterocycles. The number of aliphatic hydroxyl groups excluding tert-OH is 1. The van der Waals surface area contributed by atoms with Gasteiger partial charge in [0.25, 0.3) is 10.0 Å². The van der Waals surface area contributed by atoms with Gasteiger partial charge in [0.1, 0.15) is 16.4 Å². The smallest absolute Gasteiger partial charge is 0.264 e. The van der Waals surface area contributed by atoms with E-state index in [1.54, 1.807) is 18.2 Å². The van der Waals surface area contributed by atoms with Gasteiger partial charge in [-0.1, -0.05) is 12.0 Å². The van der Waals surface area contributed by atoms with Crippen LogP contribution in [-0.4, -0.2) is 30.1 Å². The number of pyridine rings is 2. The van der Waals surface area contributed by atoms with Gasteiger partial charge in [-0.15, -0.1) is 0 Å². The number of anilines is 1. The zero-order chi connectivity index (χ0) is 15.1. The number of aliphatic hydroxyl groups is 1. The second kappa shape index (κ2) is 6.83. The summed E-state index contributed by atoms with van der Waals surface area (Å²) >= 11 is 0. The Morgan fingerprint density at radius 1 is 1.24 bits per heavy atom. The first-order chi connectivity index (χ1) is 10.1. The van der Waals surface area contributed by atoms with E-state index < -0.39 is 10.0 Å². The van der Waals surface area contributed by atoms with Crippen LogP contribution < -0.4 is 4.72 Å². The fraction of sp³-hybridized carbons (Fsp3) is 0.143. The number of rotatable bonds is 4. The van der Waals surface area contributed by atoms with Crippen molar-refractivity contribution in [2.45, 2.75) is 11.3 Å². The standard InChI is InChI=1S/C14H13N3O3S/c18-10-2-1-5-12-6-3-8-14(16-12)17-21(19,20)13-7-4-9-15-11-13/h3-4,6-9,11,18H,2,10H2,(H,16,17). The molecule has 0 fully saturated rings. The normalized spacial score (nSPS) is 10.5. The summed E-state index contributed by atoms with van der Waals surface area (Å²) in [6, 6.07) is 7.83. The number of hydrogen-bond donors (Lipinski definition) is 2. The highest BCUT2D eigenvalue weighted by Crippen LogP contribution is 2.13. The molecule has 2 rings (SSSR count). The zero-order valence-corrected chi connectivity index (χ0v) is 11.8. The summed E-state index contributed by atoms with van der Waals surface area (Å²) in [6.07, 6.45) is 3.09. The van der Waals surface area contributed by atoms with Crippen molar-refractivity contribution < 1.29 is 13.5 Å². The summed E-state index contributed by atoms with van der Waals surface area (Å²) in [5, 5.41) is 8.66. The lowest BCUT2D eigenvalue weighted by Gasteiger charge is -2.06. The van der Waals surface area contributed by atoms with Gasteiger partial charge in [0.2, 0.25) is 0 Å². The van der Waals surface area contributed by atoms with Crippen molar-refractivity contribution in [1.29, 1.82) is 0 Å². The Kier molecular flexibility index (Phi) is 4.87. The molecular weight excluding hydrogens is 290 g/mol. The van der Waals surface area contributed by atoms with Gasteiger partial charge in [-0.05, 0) is 30.2 Å². The SMILES string of the molecule is O=S(=O)(Nc1cccc(C#CCCO)n1)c1cccnc1. The lowest BCUT2D eigenvalue weighted by molar-refractivity contribution is 0.305. The van der Waals surface area contributed by atoms with Crippen molar-refractivity contribution in [3.63, 3.8) is 0 Å². The van der Waals surface area contributed by atoms with Crippen LogP contribution >= 0.6 is 0 Å². The van der Waals surface area contributed by atoms with Gasteiger partial charge in [0, 0.05) is 18.8 Å². The van der Waals surface area contributed by atoms with Crippen LogP contribution in [0, 0.1) is 11.8 Å². The van der Waals surface area contributed by atoms with E-state index >= 15 is 0 Å². The molecule has 0 unspecified atom stereocenters. The van der Waals surface area contributed by atoms with E-state index in [1.165, 1.54) is 24.5 Å². The summed E-state index contributed by atoms with van der Waals surface area (Å²) in [5.41, 5.74) is 0.426. The molecule has 7 heteroatoms. The van der Waals surface area contributed by atoms with Crippen LogP contribution in [0.5, 0.6) is 0 Å². The highest BCUT2D eigenvalue weighted by atomic mass is 32.2. The van der Waals surface area contributed by atoms with Gasteiger partial charge in [-0.2, -0.15) is 0 Å². The zero-order valence-electron chi connectivity index (χ0n) is 11.0. The summed E-state index contributed by atoms with van der Waals surface area (Å²) < 4.78 is 26.6. The average molecular weight is 303 g/mol. The molecule has 2 aromatic rings. The van der Waals surface area contributed by atoms with E-state index in [9.17, 15) is 8.42 Å². The lowest BCUT2D eigenvalue weighted by atomic mass is 10.3. The molecule has 2 aromatic heterocycles. The van der Waals surface area contributed by atoms with E-state index in [0.717, 1.165) is 0 Å². The maximum absolute atomic E-state index is 12.1. The molecule has 0 amide bonds. The molecule has 108 valence electrons. The Morgan fingerprint density at radius 2 is 2.10 bits per heavy atom. The third-order valence-corrected chi connectivity index (χ3v) is 3.73. The largest absolute Gasteiger partial charge is 0.395 e. The van der Waals surface area contributed by atoms with Gasteiger partial charge in [-0.3, -0.25) is 9.71 Å². The second-order valence-electron chi connectivity index (χ2n) is 3.98. The van der Waals surface area contributed by atoms with Gasteiger partial charge in [0.15, 0.2) is 0 Å². The number of nitrogens with zero attached hydrogens (tertiary/aromatic N) is 2. The van der Waals surface area contributed by atoms with E-state index in [2.05, 4.69) is 26.5 Å². The molecule has 0 radical (unpaired) electrons. The molecule has 0 aromatic carbocycles. The molecule has 2 heterocycles. The molecule has 21 heavy (non-hydrogen) atoms. The summed E-state index contributed by atoms with van der Waals surface area (Å²) in [5.74, 6) is 5.64. The molecule has 0 saturated carbocycles. The van der Waals surface area contributed by atoms with Gasteiger partial charge in [0.05, 0.1) is 6.61 Å². The van der Waals surface area contributed by atoms with Crippen LogP contribution in [0.1, 0.15) is 12.1 Å². The minimum absolute atomic E-state index is 0.0275. The Bertz CT molecular complexity index is 765. The average Bonchev–Trinajstić information content (AvgIpc) is 2.48. The molecular formula is C14H13N3O3S. The van der Waals surface area contributed by atoms with Crippen molar-refractivity contribution >= 4 is 15.8 Å². The monoisotopic (exact) mass is 303 g/mol. The maximum atomic E-state index is 12.1. The molecule has 2 N–H and O–H groups in total. The third-order valence-electron chi connectivity index (χ3n) is 2.39. The van der Waals surface area contributed by atoms with Crippen LogP contribution in [0.25, 0.3) is 0 Å². The Hall–Kier alpha value is -2.43.